The molecule has 0 bridgehead atoms. The molecule has 1 aliphatic heterocycles. The van der Waals surface area contributed by atoms with E-state index in [-0.39, 0.29) is 11.2 Å². The maximum absolute atomic E-state index is 11.9. The summed E-state index contributed by atoms with van der Waals surface area (Å²) in [7, 11) is 0. The number of rotatable bonds is 4. The van der Waals surface area contributed by atoms with Gasteiger partial charge in [0.1, 0.15) is 5.76 Å². The van der Waals surface area contributed by atoms with Crippen LogP contribution in [0.1, 0.15) is 11.3 Å². The minimum Gasteiger partial charge on any atom is -0.463 e. The molecular formula is C15H13N3O2S. The van der Waals surface area contributed by atoms with Gasteiger partial charge in [0.05, 0.1) is 17.7 Å². The van der Waals surface area contributed by atoms with Crippen LogP contribution < -0.4 is 5.32 Å². The smallest absolute Gasteiger partial charge is 0.239 e. The summed E-state index contributed by atoms with van der Waals surface area (Å²) < 4.78 is 5.11. The number of nitrogens with zero attached hydrogens (tertiary/aromatic N) is 2. The Labute approximate surface area is 126 Å². The molecule has 21 heavy (non-hydrogen) atoms. The van der Waals surface area contributed by atoms with Crippen molar-refractivity contribution in [2.24, 2.45) is 10.2 Å². The summed E-state index contributed by atoms with van der Waals surface area (Å²) in [5, 5.41) is 11.0. The lowest BCUT2D eigenvalue weighted by Gasteiger charge is -2.04. The minimum absolute atomic E-state index is 0.0317. The number of benzene rings is 1. The number of furan rings is 1. The highest BCUT2D eigenvalue weighted by atomic mass is 32.2. The molecule has 1 N–H and O–H groups in total. The molecule has 3 rings (SSSR count). The Hall–Kier alpha value is -2.34. The maximum atomic E-state index is 11.9. The summed E-state index contributed by atoms with van der Waals surface area (Å²) in [5.41, 5.74) is 1.13. The van der Waals surface area contributed by atoms with E-state index in [4.69, 9.17) is 4.42 Å². The van der Waals surface area contributed by atoms with Gasteiger partial charge in [0.25, 0.3) is 0 Å². The molecule has 0 saturated carbocycles. The van der Waals surface area contributed by atoms with Crippen molar-refractivity contribution in [2.45, 2.75) is 11.7 Å². The predicted octanol–water partition coefficient (Wildman–Crippen LogP) is 2.44. The van der Waals surface area contributed by atoms with Crippen molar-refractivity contribution in [3.8, 4) is 0 Å². The van der Waals surface area contributed by atoms with Crippen LogP contribution in [-0.2, 0) is 11.2 Å². The van der Waals surface area contributed by atoms with Crippen molar-refractivity contribution in [2.75, 3.05) is 0 Å². The van der Waals surface area contributed by atoms with Crippen molar-refractivity contribution in [1.29, 1.82) is 0 Å². The van der Waals surface area contributed by atoms with E-state index in [1.807, 2.05) is 30.3 Å². The van der Waals surface area contributed by atoms with Crippen LogP contribution in [0.3, 0.4) is 0 Å². The SMILES string of the molecule is O=C1N/C(=N/N=C\c2ccco2)S[C@H]1Cc1ccccc1. The van der Waals surface area contributed by atoms with Crippen LogP contribution in [0, 0.1) is 0 Å². The van der Waals surface area contributed by atoms with E-state index in [1.165, 1.54) is 18.0 Å². The van der Waals surface area contributed by atoms with Crippen LogP contribution in [0.4, 0.5) is 0 Å². The number of carbonyl (C=O) groups is 1. The third-order valence-corrected chi connectivity index (χ3v) is 3.99. The molecule has 1 aromatic carbocycles. The van der Waals surface area contributed by atoms with Crippen LogP contribution in [0.15, 0.2) is 63.3 Å². The number of carbonyl (C=O) groups excluding carboxylic acids is 1. The largest absolute Gasteiger partial charge is 0.463 e. The third kappa shape index (κ3) is 3.61. The molecule has 0 radical (unpaired) electrons. The van der Waals surface area contributed by atoms with Gasteiger partial charge >= 0.3 is 0 Å². The molecule has 1 atom stereocenters. The molecule has 1 amide bonds. The van der Waals surface area contributed by atoms with Crippen molar-refractivity contribution >= 4 is 29.1 Å². The molecular weight excluding hydrogens is 286 g/mol. The van der Waals surface area contributed by atoms with E-state index in [0.717, 1.165) is 5.56 Å². The van der Waals surface area contributed by atoms with Crippen molar-refractivity contribution in [3.05, 3.63) is 60.1 Å². The van der Waals surface area contributed by atoms with Gasteiger partial charge < -0.3 is 9.73 Å². The molecule has 0 aliphatic carbocycles. The first-order valence-corrected chi connectivity index (χ1v) is 7.35. The maximum Gasteiger partial charge on any atom is 0.239 e. The van der Waals surface area contributed by atoms with E-state index in [1.54, 1.807) is 18.4 Å². The molecule has 0 unspecified atom stereocenters. The molecule has 6 heteroatoms. The Morgan fingerprint density at radius 1 is 1.24 bits per heavy atom. The summed E-state index contributed by atoms with van der Waals surface area (Å²) >= 11 is 1.40. The monoisotopic (exact) mass is 299 g/mol. The van der Waals surface area contributed by atoms with Crippen LogP contribution in [0.25, 0.3) is 0 Å². The molecule has 1 saturated heterocycles. The molecule has 1 aliphatic rings. The zero-order valence-electron chi connectivity index (χ0n) is 11.1. The number of hydrogen-bond acceptors (Lipinski definition) is 5. The fourth-order valence-electron chi connectivity index (χ4n) is 1.92. The molecule has 0 spiro atoms. The first-order valence-electron chi connectivity index (χ1n) is 6.47. The minimum atomic E-state index is -0.162. The topological polar surface area (TPSA) is 67.0 Å². The van der Waals surface area contributed by atoms with Gasteiger partial charge in [-0.1, -0.05) is 42.1 Å². The van der Waals surface area contributed by atoms with Gasteiger partial charge in [-0.2, -0.15) is 5.10 Å². The molecule has 1 fully saturated rings. The zero-order chi connectivity index (χ0) is 14.5. The number of thioether (sulfide) groups is 1. The number of nitrogens with one attached hydrogen (secondary N) is 1. The van der Waals surface area contributed by atoms with E-state index in [9.17, 15) is 4.79 Å². The van der Waals surface area contributed by atoms with Gasteiger partial charge in [0.15, 0.2) is 5.17 Å². The zero-order valence-corrected chi connectivity index (χ0v) is 11.9. The van der Waals surface area contributed by atoms with E-state index in [0.29, 0.717) is 17.3 Å². The molecule has 106 valence electrons. The first-order chi connectivity index (χ1) is 10.3. The fraction of sp³-hybridized carbons (Fsp3) is 0.133. The first kappa shape index (κ1) is 13.6. The second kappa shape index (κ2) is 6.41. The van der Waals surface area contributed by atoms with E-state index < -0.39 is 0 Å². The number of amidine groups is 1. The second-order valence-electron chi connectivity index (χ2n) is 4.45. The average molecular weight is 299 g/mol. The number of amides is 1. The van der Waals surface area contributed by atoms with Crippen LogP contribution in [0.2, 0.25) is 0 Å². The van der Waals surface area contributed by atoms with Crippen LogP contribution in [-0.4, -0.2) is 22.5 Å². The Balaban J connectivity index is 1.62. The van der Waals surface area contributed by atoms with Crippen LogP contribution in [0.5, 0.6) is 0 Å². The summed E-state index contributed by atoms with van der Waals surface area (Å²) in [6, 6.07) is 13.5. The Morgan fingerprint density at radius 3 is 2.86 bits per heavy atom. The average Bonchev–Trinajstić information content (AvgIpc) is 3.11. The van der Waals surface area contributed by atoms with E-state index in [2.05, 4.69) is 15.5 Å². The second-order valence-corrected chi connectivity index (χ2v) is 5.64. The third-order valence-electron chi connectivity index (χ3n) is 2.92. The van der Waals surface area contributed by atoms with Crippen molar-refractivity contribution < 1.29 is 9.21 Å². The molecule has 1 aromatic heterocycles. The predicted molar refractivity (Wildman–Crippen MR) is 83.4 cm³/mol. The summed E-state index contributed by atoms with van der Waals surface area (Å²) in [5.74, 6) is 0.588. The van der Waals surface area contributed by atoms with Gasteiger partial charge in [-0.15, -0.1) is 5.10 Å². The Bertz CT molecular complexity index is 665. The van der Waals surface area contributed by atoms with Crippen LogP contribution >= 0.6 is 11.8 Å². The lowest BCUT2D eigenvalue weighted by Crippen LogP contribution is -2.25. The lowest BCUT2D eigenvalue weighted by atomic mass is 10.1. The van der Waals surface area contributed by atoms with E-state index >= 15 is 0 Å². The van der Waals surface area contributed by atoms with Crippen molar-refractivity contribution in [1.82, 2.24) is 5.32 Å². The van der Waals surface area contributed by atoms with Gasteiger partial charge in [-0.25, -0.2) is 0 Å². The Morgan fingerprint density at radius 2 is 2.10 bits per heavy atom. The van der Waals surface area contributed by atoms with Gasteiger partial charge in [-0.05, 0) is 24.1 Å². The quantitative estimate of drug-likeness (QED) is 0.696. The van der Waals surface area contributed by atoms with Gasteiger partial charge in [-0.3, -0.25) is 4.79 Å². The van der Waals surface area contributed by atoms with Gasteiger partial charge in [0.2, 0.25) is 5.91 Å². The molecule has 5 nitrogen and oxygen atoms in total. The summed E-state index contributed by atoms with van der Waals surface area (Å²) in [6.45, 7) is 0. The summed E-state index contributed by atoms with van der Waals surface area (Å²) in [4.78, 5) is 11.9. The highest BCUT2D eigenvalue weighted by Crippen LogP contribution is 2.23. The highest BCUT2D eigenvalue weighted by Gasteiger charge is 2.30. The lowest BCUT2D eigenvalue weighted by molar-refractivity contribution is -0.118. The molecule has 2 heterocycles. The normalized spacial score (nSPS) is 20.3. The summed E-state index contributed by atoms with van der Waals surface area (Å²) in [6.07, 6.45) is 3.75. The van der Waals surface area contributed by atoms with Crippen molar-refractivity contribution in [3.63, 3.8) is 0 Å². The highest BCUT2D eigenvalue weighted by molar-refractivity contribution is 8.15. The standard InChI is InChI=1S/C15H13N3O2S/c19-14-13(9-11-5-2-1-3-6-11)21-15(17-14)18-16-10-12-7-4-8-20-12/h1-8,10,13H,9H2,(H,17,18,19)/b16-10-/t13-/m0/s1. The molecule has 2 aromatic rings. The fourth-order valence-corrected chi connectivity index (χ4v) is 2.88. The van der Waals surface area contributed by atoms with Gasteiger partial charge in [0, 0.05) is 0 Å². The number of hydrogen-bond donors (Lipinski definition) is 1. The Kier molecular flexibility index (Phi) is 4.16.